The Hall–Kier alpha value is -0.620. The summed E-state index contributed by atoms with van der Waals surface area (Å²) in [6.45, 7) is 0.891. The monoisotopic (exact) mass is 277 g/mol. The summed E-state index contributed by atoms with van der Waals surface area (Å²) in [6, 6.07) is 8.28. The van der Waals surface area contributed by atoms with Crippen molar-refractivity contribution in [3.8, 4) is 0 Å². The average molecular weight is 278 g/mol. The van der Waals surface area contributed by atoms with Crippen LogP contribution in [0.1, 0.15) is 0 Å². The second kappa shape index (κ2) is 5.82. The highest BCUT2D eigenvalue weighted by Crippen LogP contribution is 2.19. The van der Waals surface area contributed by atoms with Crippen LogP contribution in [0, 0.1) is 5.92 Å². The van der Waals surface area contributed by atoms with E-state index in [2.05, 4.69) is 0 Å². The van der Waals surface area contributed by atoms with Crippen LogP contribution in [0.25, 0.3) is 0 Å². The van der Waals surface area contributed by atoms with Gasteiger partial charge in [-0.25, -0.2) is 8.42 Å². The van der Waals surface area contributed by atoms with Gasteiger partial charge in [-0.2, -0.15) is 0 Å². The van der Waals surface area contributed by atoms with Gasteiger partial charge in [0.2, 0.25) is 0 Å². The van der Waals surface area contributed by atoms with E-state index in [0.717, 1.165) is 0 Å². The Morgan fingerprint density at radius 2 is 1.88 bits per heavy atom. The summed E-state index contributed by atoms with van der Waals surface area (Å²) in [7, 11) is -3.24. The summed E-state index contributed by atoms with van der Waals surface area (Å²) in [5.74, 6) is -0.0248. The molecule has 1 saturated heterocycles. The molecule has 1 aromatic carbocycles. The van der Waals surface area contributed by atoms with E-state index in [1.54, 1.807) is 30.3 Å². The van der Waals surface area contributed by atoms with Gasteiger partial charge in [0.15, 0.2) is 9.84 Å². The third-order valence-electron chi connectivity index (χ3n) is 2.78. The first-order chi connectivity index (χ1) is 7.59. The van der Waals surface area contributed by atoms with Gasteiger partial charge in [-0.05, 0) is 12.1 Å². The Kier molecular flexibility index (Phi) is 4.94. The van der Waals surface area contributed by atoms with Gasteiger partial charge in [-0.1, -0.05) is 18.2 Å². The minimum atomic E-state index is -3.24. The predicted octanol–water partition coefficient (Wildman–Crippen LogP) is 0.856. The quantitative estimate of drug-likeness (QED) is 0.890. The van der Waals surface area contributed by atoms with Crippen molar-refractivity contribution in [2.45, 2.75) is 10.9 Å². The molecule has 0 aliphatic carbocycles. The van der Waals surface area contributed by atoms with Crippen molar-refractivity contribution in [3.05, 3.63) is 30.3 Å². The smallest absolute Gasteiger partial charge is 0.178 e. The Morgan fingerprint density at radius 3 is 2.41 bits per heavy atom. The Morgan fingerprint density at radius 1 is 1.24 bits per heavy atom. The molecule has 1 unspecified atom stereocenters. The number of hydrogen-bond acceptors (Lipinski definition) is 4. The van der Waals surface area contributed by atoms with E-state index in [4.69, 9.17) is 10.5 Å². The van der Waals surface area contributed by atoms with Gasteiger partial charge in [0.05, 0.1) is 23.9 Å². The molecule has 0 radical (unpaired) electrons. The molecule has 2 rings (SSSR count). The van der Waals surface area contributed by atoms with Crippen molar-refractivity contribution in [2.75, 3.05) is 19.0 Å². The molecule has 1 fully saturated rings. The molecule has 6 heteroatoms. The van der Waals surface area contributed by atoms with Crippen molar-refractivity contribution in [2.24, 2.45) is 11.7 Å². The summed E-state index contributed by atoms with van der Waals surface area (Å²) < 4.78 is 29.2. The van der Waals surface area contributed by atoms with Crippen LogP contribution >= 0.6 is 12.4 Å². The number of hydrogen-bond donors (Lipinski definition) is 1. The lowest BCUT2D eigenvalue weighted by Crippen LogP contribution is -2.33. The van der Waals surface area contributed by atoms with Gasteiger partial charge in [0.25, 0.3) is 0 Å². The maximum Gasteiger partial charge on any atom is 0.178 e. The van der Waals surface area contributed by atoms with Crippen LogP contribution in [0.3, 0.4) is 0 Å². The van der Waals surface area contributed by atoms with Gasteiger partial charge >= 0.3 is 0 Å². The predicted molar refractivity (Wildman–Crippen MR) is 68.0 cm³/mol. The third-order valence-corrected chi connectivity index (χ3v) is 4.64. The molecule has 1 aliphatic rings. The molecular formula is C11H16ClNO3S. The van der Waals surface area contributed by atoms with Crippen molar-refractivity contribution < 1.29 is 13.2 Å². The summed E-state index contributed by atoms with van der Waals surface area (Å²) in [4.78, 5) is 0.356. The Bertz CT molecular complexity index is 449. The summed E-state index contributed by atoms with van der Waals surface area (Å²) in [5, 5.41) is 0. The molecule has 0 aromatic heterocycles. The Labute approximate surface area is 107 Å². The SMILES string of the molecule is Cl.N[C@H]1COCC1CS(=O)(=O)c1ccccc1. The van der Waals surface area contributed by atoms with Gasteiger partial charge in [0.1, 0.15) is 0 Å². The zero-order valence-electron chi connectivity index (χ0n) is 9.28. The molecule has 1 aromatic rings. The number of halogens is 1. The van der Waals surface area contributed by atoms with Crippen LogP contribution in [0.2, 0.25) is 0 Å². The molecule has 2 atom stereocenters. The lowest BCUT2D eigenvalue weighted by Gasteiger charge is -2.13. The minimum Gasteiger partial charge on any atom is -0.379 e. The fourth-order valence-electron chi connectivity index (χ4n) is 1.79. The largest absolute Gasteiger partial charge is 0.379 e. The molecule has 2 N–H and O–H groups in total. The number of rotatable bonds is 3. The van der Waals surface area contributed by atoms with Crippen molar-refractivity contribution in [3.63, 3.8) is 0 Å². The zero-order chi connectivity index (χ0) is 11.6. The first-order valence-electron chi connectivity index (χ1n) is 5.21. The van der Waals surface area contributed by atoms with Crippen LogP contribution < -0.4 is 5.73 Å². The van der Waals surface area contributed by atoms with Crippen LogP contribution in [-0.4, -0.2) is 33.4 Å². The lowest BCUT2D eigenvalue weighted by atomic mass is 10.1. The second-order valence-corrected chi connectivity index (χ2v) is 6.09. The van der Waals surface area contributed by atoms with E-state index < -0.39 is 9.84 Å². The molecule has 0 saturated carbocycles. The maximum atomic E-state index is 12.0. The molecule has 0 bridgehead atoms. The molecule has 17 heavy (non-hydrogen) atoms. The average Bonchev–Trinajstić information content (AvgIpc) is 2.65. The number of ether oxygens (including phenoxy) is 1. The first-order valence-corrected chi connectivity index (χ1v) is 6.86. The standard InChI is InChI=1S/C11H15NO3S.ClH/c12-11-7-15-6-9(11)8-16(13,14)10-4-2-1-3-5-10;/h1-5,9,11H,6-8,12H2;1H/t9?,11-;/m0./s1. The summed E-state index contributed by atoms with van der Waals surface area (Å²) in [6.07, 6.45) is 0. The van der Waals surface area contributed by atoms with Crippen LogP contribution in [0.5, 0.6) is 0 Å². The van der Waals surface area contributed by atoms with Gasteiger partial charge in [-0.3, -0.25) is 0 Å². The van der Waals surface area contributed by atoms with E-state index in [-0.39, 0.29) is 30.1 Å². The summed E-state index contributed by atoms with van der Waals surface area (Å²) >= 11 is 0. The van der Waals surface area contributed by atoms with Crippen LogP contribution in [-0.2, 0) is 14.6 Å². The van der Waals surface area contributed by atoms with E-state index in [1.165, 1.54) is 0 Å². The highest BCUT2D eigenvalue weighted by molar-refractivity contribution is 7.91. The van der Waals surface area contributed by atoms with E-state index in [1.807, 2.05) is 0 Å². The summed E-state index contributed by atoms with van der Waals surface area (Å²) in [5.41, 5.74) is 5.77. The molecular weight excluding hydrogens is 262 g/mol. The molecule has 0 spiro atoms. The van der Waals surface area contributed by atoms with E-state index in [9.17, 15) is 8.42 Å². The number of benzene rings is 1. The minimum absolute atomic E-state index is 0. The second-order valence-electron chi connectivity index (χ2n) is 4.06. The third kappa shape index (κ3) is 3.42. The van der Waals surface area contributed by atoms with Crippen molar-refractivity contribution in [1.82, 2.24) is 0 Å². The van der Waals surface area contributed by atoms with Gasteiger partial charge in [0, 0.05) is 12.0 Å². The highest BCUT2D eigenvalue weighted by atomic mass is 35.5. The Balaban J connectivity index is 0.00000144. The van der Waals surface area contributed by atoms with E-state index >= 15 is 0 Å². The molecule has 4 nitrogen and oxygen atoms in total. The van der Waals surface area contributed by atoms with Crippen LogP contribution in [0.15, 0.2) is 35.2 Å². The normalized spacial score (nSPS) is 24.3. The van der Waals surface area contributed by atoms with Gasteiger partial charge < -0.3 is 10.5 Å². The fourth-order valence-corrected chi connectivity index (χ4v) is 3.46. The zero-order valence-corrected chi connectivity index (χ0v) is 10.9. The molecule has 96 valence electrons. The first kappa shape index (κ1) is 14.4. The highest BCUT2D eigenvalue weighted by Gasteiger charge is 2.30. The molecule has 0 amide bonds. The molecule has 1 aliphatic heterocycles. The van der Waals surface area contributed by atoms with E-state index in [0.29, 0.717) is 18.1 Å². The number of sulfone groups is 1. The van der Waals surface area contributed by atoms with Crippen LogP contribution in [0.4, 0.5) is 0 Å². The van der Waals surface area contributed by atoms with Crippen molar-refractivity contribution in [1.29, 1.82) is 0 Å². The molecule has 1 heterocycles. The topological polar surface area (TPSA) is 69.4 Å². The van der Waals surface area contributed by atoms with Gasteiger partial charge in [-0.15, -0.1) is 12.4 Å². The lowest BCUT2D eigenvalue weighted by molar-refractivity contribution is 0.186. The van der Waals surface area contributed by atoms with Crippen molar-refractivity contribution >= 4 is 22.2 Å². The number of nitrogens with two attached hydrogens (primary N) is 1. The maximum absolute atomic E-state index is 12.0. The fraction of sp³-hybridized carbons (Fsp3) is 0.455.